The number of nitrogens with zero attached hydrogens (tertiary/aromatic N) is 2. The van der Waals surface area contributed by atoms with E-state index in [4.69, 9.17) is 23.4 Å². The first-order chi connectivity index (χ1) is 17.5. The second-order valence-corrected chi connectivity index (χ2v) is 8.54. The summed E-state index contributed by atoms with van der Waals surface area (Å²) in [5.41, 5.74) is 1.87. The van der Waals surface area contributed by atoms with Crippen LogP contribution in [0.25, 0.3) is 24.3 Å². The van der Waals surface area contributed by atoms with Gasteiger partial charge >= 0.3 is 0 Å². The monoisotopic (exact) mass is 492 g/mol. The zero-order valence-electron chi connectivity index (χ0n) is 21.8. The Morgan fingerprint density at radius 1 is 0.750 bits per heavy atom. The van der Waals surface area contributed by atoms with E-state index in [2.05, 4.69) is 17.1 Å². The van der Waals surface area contributed by atoms with Crippen LogP contribution in [0.2, 0.25) is 0 Å². The molecule has 0 saturated heterocycles. The van der Waals surface area contributed by atoms with E-state index < -0.39 is 0 Å². The van der Waals surface area contributed by atoms with E-state index in [9.17, 15) is 0 Å². The third-order valence-electron chi connectivity index (χ3n) is 5.29. The predicted octanol–water partition coefficient (Wildman–Crippen LogP) is 7.17. The minimum absolute atomic E-state index is 0.0674. The van der Waals surface area contributed by atoms with Crippen LogP contribution in [0.5, 0.6) is 23.0 Å². The maximum atomic E-state index is 5.88. The van der Waals surface area contributed by atoms with Crippen LogP contribution >= 0.6 is 0 Å². The molecule has 0 bridgehead atoms. The molecule has 0 fully saturated rings. The number of aromatic nitrogens is 2. The summed E-state index contributed by atoms with van der Waals surface area (Å²) in [6.07, 6.45) is 12.0. The van der Waals surface area contributed by atoms with E-state index in [-0.39, 0.29) is 6.10 Å². The molecule has 3 rings (SSSR count). The van der Waals surface area contributed by atoms with Crippen LogP contribution in [0.1, 0.15) is 69.4 Å². The van der Waals surface area contributed by atoms with Gasteiger partial charge in [-0.3, -0.25) is 0 Å². The number of unbranched alkanes of at least 4 members (excludes halogenated alkanes) is 3. The molecule has 7 nitrogen and oxygen atoms in total. The largest absolute Gasteiger partial charge is 0.493 e. The zero-order chi connectivity index (χ0) is 25.8. The van der Waals surface area contributed by atoms with Crippen molar-refractivity contribution in [1.29, 1.82) is 0 Å². The topological polar surface area (TPSA) is 75.8 Å². The standard InChI is InChI=1S/C29H36N2O5/c1-6-7-8-9-18-34-24-14-10-22(19-26(24)32-4)12-16-28-30-31-29(36-28)17-13-23-11-15-25(35-21(2)3)27(20-23)33-5/h10-17,19-21H,6-9,18H2,1-5H3. The van der Waals surface area contributed by atoms with Gasteiger partial charge in [0.2, 0.25) is 11.8 Å². The Balaban J connectivity index is 1.61. The first kappa shape index (κ1) is 26.9. The number of rotatable bonds is 14. The van der Waals surface area contributed by atoms with Gasteiger partial charge in [-0.05, 0) is 67.8 Å². The Hall–Kier alpha value is -3.74. The van der Waals surface area contributed by atoms with Crippen molar-refractivity contribution in [2.24, 2.45) is 0 Å². The lowest BCUT2D eigenvalue weighted by molar-refractivity contribution is 0.230. The summed E-state index contributed by atoms with van der Waals surface area (Å²) < 4.78 is 28.3. The summed E-state index contributed by atoms with van der Waals surface area (Å²) in [5, 5.41) is 8.18. The Morgan fingerprint density at radius 2 is 1.33 bits per heavy atom. The molecule has 2 aromatic carbocycles. The average Bonchev–Trinajstić information content (AvgIpc) is 3.34. The van der Waals surface area contributed by atoms with Gasteiger partial charge in [-0.1, -0.05) is 38.3 Å². The molecule has 0 unspecified atom stereocenters. The molecule has 0 saturated carbocycles. The maximum Gasteiger partial charge on any atom is 0.240 e. The van der Waals surface area contributed by atoms with Gasteiger partial charge in [0.15, 0.2) is 23.0 Å². The number of hydrogen-bond donors (Lipinski definition) is 0. The first-order valence-corrected chi connectivity index (χ1v) is 12.4. The molecule has 0 spiro atoms. The van der Waals surface area contributed by atoms with Crippen molar-refractivity contribution in [3.8, 4) is 23.0 Å². The van der Waals surface area contributed by atoms with Crippen LogP contribution in [-0.2, 0) is 0 Å². The van der Waals surface area contributed by atoms with E-state index in [1.807, 2.05) is 62.4 Å². The molecule has 1 heterocycles. The molecule has 7 heteroatoms. The smallest absolute Gasteiger partial charge is 0.240 e. The molecule has 0 aliphatic heterocycles. The van der Waals surface area contributed by atoms with Gasteiger partial charge in [0, 0.05) is 12.2 Å². The maximum absolute atomic E-state index is 5.88. The van der Waals surface area contributed by atoms with Crippen LogP contribution in [-0.4, -0.2) is 37.1 Å². The molecule has 3 aromatic rings. The van der Waals surface area contributed by atoms with Gasteiger partial charge in [0.05, 0.1) is 26.9 Å². The van der Waals surface area contributed by atoms with Crippen molar-refractivity contribution in [3.63, 3.8) is 0 Å². The van der Waals surface area contributed by atoms with Gasteiger partial charge in [-0.2, -0.15) is 0 Å². The summed E-state index contributed by atoms with van der Waals surface area (Å²) in [7, 11) is 3.27. The van der Waals surface area contributed by atoms with Gasteiger partial charge in [0.1, 0.15) is 0 Å². The fourth-order valence-corrected chi connectivity index (χ4v) is 3.47. The number of hydrogen-bond acceptors (Lipinski definition) is 7. The highest BCUT2D eigenvalue weighted by atomic mass is 16.5. The minimum atomic E-state index is 0.0674. The Morgan fingerprint density at radius 3 is 1.89 bits per heavy atom. The van der Waals surface area contributed by atoms with E-state index in [1.165, 1.54) is 19.3 Å². The fraction of sp³-hybridized carbons (Fsp3) is 0.379. The van der Waals surface area contributed by atoms with Crippen LogP contribution < -0.4 is 18.9 Å². The minimum Gasteiger partial charge on any atom is -0.493 e. The lowest BCUT2D eigenvalue weighted by Gasteiger charge is -2.13. The van der Waals surface area contributed by atoms with Crippen LogP contribution in [0, 0.1) is 0 Å². The molecule has 192 valence electrons. The Bertz CT molecular complexity index is 1150. The molecular weight excluding hydrogens is 456 g/mol. The highest BCUT2D eigenvalue weighted by Crippen LogP contribution is 2.30. The highest BCUT2D eigenvalue weighted by Gasteiger charge is 2.08. The molecular formula is C29H36N2O5. The summed E-state index contributed by atoms with van der Waals surface area (Å²) in [6, 6.07) is 11.5. The molecule has 0 atom stereocenters. The van der Waals surface area contributed by atoms with E-state index in [1.54, 1.807) is 26.4 Å². The Labute approximate surface area is 213 Å². The van der Waals surface area contributed by atoms with Crippen LogP contribution in [0.15, 0.2) is 40.8 Å². The number of benzene rings is 2. The van der Waals surface area contributed by atoms with Crippen molar-refractivity contribution in [1.82, 2.24) is 10.2 Å². The second-order valence-electron chi connectivity index (χ2n) is 8.54. The number of ether oxygens (including phenoxy) is 4. The van der Waals surface area contributed by atoms with Crippen LogP contribution in [0.4, 0.5) is 0 Å². The summed E-state index contributed by atoms with van der Waals surface area (Å²) >= 11 is 0. The van der Waals surface area contributed by atoms with Crippen molar-refractivity contribution in [3.05, 3.63) is 59.3 Å². The normalized spacial score (nSPS) is 11.5. The van der Waals surface area contributed by atoms with Crippen molar-refractivity contribution in [2.45, 2.75) is 52.6 Å². The summed E-state index contributed by atoms with van der Waals surface area (Å²) in [6.45, 7) is 6.84. The molecule has 0 aliphatic carbocycles. The fourth-order valence-electron chi connectivity index (χ4n) is 3.47. The van der Waals surface area contributed by atoms with Gasteiger partial charge in [0.25, 0.3) is 0 Å². The second kappa shape index (κ2) is 14.0. The quantitative estimate of drug-likeness (QED) is 0.221. The summed E-state index contributed by atoms with van der Waals surface area (Å²) in [5.74, 6) is 3.63. The highest BCUT2D eigenvalue weighted by molar-refractivity contribution is 5.70. The van der Waals surface area contributed by atoms with Crippen molar-refractivity contribution < 1.29 is 23.4 Å². The lowest BCUT2D eigenvalue weighted by atomic mass is 10.2. The summed E-state index contributed by atoms with van der Waals surface area (Å²) in [4.78, 5) is 0. The van der Waals surface area contributed by atoms with Gasteiger partial charge < -0.3 is 23.4 Å². The average molecular weight is 493 g/mol. The van der Waals surface area contributed by atoms with Crippen LogP contribution in [0.3, 0.4) is 0 Å². The van der Waals surface area contributed by atoms with Gasteiger partial charge in [-0.15, -0.1) is 10.2 Å². The molecule has 0 radical (unpaired) electrons. The van der Waals surface area contributed by atoms with E-state index >= 15 is 0 Å². The SMILES string of the molecule is CCCCCCOc1ccc(C=Cc2nnc(C=Cc3ccc(OC(C)C)c(OC)c3)o2)cc1OC. The Kier molecular flexibility index (Phi) is 10.4. The first-order valence-electron chi connectivity index (χ1n) is 12.4. The zero-order valence-corrected chi connectivity index (χ0v) is 21.8. The molecule has 0 amide bonds. The molecule has 0 aliphatic rings. The van der Waals surface area contributed by atoms with Crippen molar-refractivity contribution >= 4 is 24.3 Å². The van der Waals surface area contributed by atoms with E-state index in [0.717, 1.165) is 23.3 Å². The van der Waals surface area contributed by atoms with Gasteiger partial charge in [-0.25, -0.2) is 0 Å². The third kappa shape index (κ3) is 8.18. The third-order valence-corrected chi connectivity index (χ3v) is 5.29. The number of methoxy groups -OCH3 is 2. The molecule has 0 N–H and O–H groups in total. The van der Waals surface area contributed by atoms with E-state index in [0.29, 0.717) is 35.6 Å². The molecule has 36 heavy (non-hydrogen) atoms. The predicted molar refractivity (Wildman–Crippen MR) is 144 cm³/mol. The molecule has 1 aromatic heterocycles. The lowest BCUT2D eigenvalue weighted by Crippen LogP contribution is -2.06. The van der Waals surface area contributed by atoms with Crippen molar-refractivity contribution in [2.75, 3.05) is 20.8 Å².